The average molecular weight is 787 g/mol. The van der Waals surface area contributed by atoms with E-state index in [4.69, 9.17) is 15.6 Å². The Morgan fingerprint density at radius 2 is 1.62 bits per heavy atom. The lowest BCUT2D eigenvalue weighted by Crippen LogP contribution is -2.70. The Labute approximate surface area is 333 Å². The van der Waals surface area contributed by atoms with Crippen LogP contribution in [0.2, 0.25) is 0 Å². The highest BCUT2D eigenvalue weighted by Gasteiger charge is 2.43. The normalized spacial score (nSPS) is 19.8. The van der Waals surface area contributed by atoms with E-state index in [2.05, 4.69) is 25.1 Å². The number of aromatic nitrogens is 4. The van der Waals surface area contributed by atoms with E-state index >= 15 is 4.39 Å². The molecule has 0 spiro atoms. The zero-order valence-corrected chi connectivity index (χ0v) is 32.0. The van der Waals surface area contributed by atoms with Crippen LogP contribution in [0.3, 0.4) is 0 Å². The first-order valence-corrected chi connectivity index (χ1v) is 19.6. The Hall–Kier alpha value is -6.26. The van der Waals surface area contributed by atoms with Crippen molar-refractivity contribution < 1.29 is 28.3 Å². The predicted octanol–water partition coefficient (Wildman–Crippen LogP) is 3.93. The summed E-state index contributed by atoms with van der Waals surface area (Å²) in [5.41, 5.74) is 9.58. The zero-order chi connectivity index (χ0) is 40.1. The number of piperidine rings is 2. The molecule has 15 nitrogen and oxygen atoms in total. The summed E-state index contributed by atoms with van der Waals surface area (Å²) in [6.07, 6.45) is 3.68. The van der Waals surface area contributed by atoms with Gasteiger partial charge >= 0.3 is 0 Å². The fourth-order valence-corrected chi connectivity index (χ4v) is 8.64. The molecule has 9 rings (SSSR count). The molecule has 1 unspecified atom stereocenters. The van der Waals surface area contributed by atoms with Crippen LogP contribution in [0.1, 0.15) is 47.6 Å². The Morgan fingerprint density at radius 1 is 0.914 bits per heavy atom. The topological polar surface area (TPSA) is 172 Å². The fraction of sp³-hybridized carbons (Fsp3) is 0.357. The largest absolute Gasteiger partial charge is 0.457 e. The molecule has 4 saturated heterocycles. The summed E-state index contributed by atoms with van der Waals surface area (Å²) in [6, 6.07) is 19.9. The number of benzene rings is 3. The number of nitrogens with zero attached hydrogens (tertiary/aromatic N) is 8. The van der Waals surface area contributed by atoms with Gasteiger partial charge in [0.2, 0.25) is 18.2 Å². The summed E-state index contributed by atoms with van der Waals surface area (Å²) in [5, 5.41) is 8.01. The summed E-state index contributed by atoms with van der Waals surface area (Å²) < 4.78 is 23.3. The minimum atomic E-state index is -1.10. The van der Waals surface area contributed by atoms with Gasteiger partial charge in [-0.2, -0.15) is 5.10 Å². The first-order chi connectivity index (χ1) is 28.1. The quantitative estimate of drug-likeness (QED) is 0.155. The number of fused-ring (bicyclic) bond motifs is 1. The maximum Gasteiger partial charge on any atom is 0.261 e. The van der Waals surface area contributed by atoms with E-state index in [1.54, 1.807) is 6.92 Å². The third-order valence-corrected chi connectivity index (χ3v) is 12.0. The second kappa shape index (κ2) is 15.2. The zero-order valence-electron chi connectivity index (χ0n) is 32.0. The smallest absolute Gasteiger partial charge is 0.261 e. The van der Waals surface area contributed by atoms with Crippen molar-refractivity contribution >= 4 is 46.7 Å². The molecule has 2 aromatic heterocycles. The maximum absolute atomic E-state index is 15.3. The van der Waals surface area contributed by atoms with Crippen molar-refractivity contribution in [3.63, 3.8) is 0 Å². The van der Waals surface area contributed by atoms with Gasteiger partial charge in [-0.3, -0.25) is 39.2 Å². The lowest BCUT2D eigenvalue weighted by Gasteiger charge is -2.55. The molecule has 0 saturated carbocycles. The van der Waals surface area contributed by atoms with Gasteiger partial charge in [0.15, 0.2) is 5.65 Å². The number of carbonyl (C=O) groups is 4. The van der Waals surface area contributed by atoms with Crippen molar-refractivity contribution in [3.8, 4) is 22.8 Å². The molecule has 16 heteroatoms. The molecule has 4 aliphatic heterocycles. The molecular formula is C42H43FN10O5. The first-order valence-electron chi connectivity index (χ1n) is 19.6. The van der Waals surface area contributed by atoms with Gasteiger partial charge in [-0.25, -0.2) is 19.0 Å². The highest BCUT2D eigenvalue weighted by atomic mass is 19.1. The number of halogens is 1. The molecule has 1 atom stereocenters. The van der Waals surface area contributed by atoms with Crippen LogP contribution in [0, 0.1) is 12.7 Å². The molecule has 6 heterocycles. The molecule has 58 heavy (non-hydrogen) atoms. The van der Waals surface area contributed by atoms with E-state index in [1.165, 1.54) is 18.5 Å². The van der Waals surface area contributed by atoms with E-state index in [0.717, 1.165) is 77.7 Å². The number of aryl methyl sites for hydroxylation is 1. The van der Waals surface area contributed by atoms with Gasteiger partial charge in [0, 0.05) is 68.9 Å². The van der Waals surface area contributed by atoms with E-state index in [0.29, 0.717) is 36.9 Å². The summed E-state index contributed by atoms with van der Waals surface area (Å²) in [5.74, 6) is -0.421. The van der Waals surface area contributed by atoms with Crippen LogP contribution in [0.25, 0.3) is 22.3 Å². The van der Waals surface area contributed by atoms with Crippen molar-refractivity contribution in [2.45, 2.75) is 56.8 Å². The SMILES string of the molecule is Cc1cc(F)c(N2CC(N3CC(N4CCC(n5nc(-c6ccc(Oc7ccccc7)cc6)c6c(N)ncnc65)CC4)C3)C2)cc1C(=O)N(C=O)C1CCC(=O)NC1=O. The second-order valence-electron chi connectivity index (χ2n) is 15.5. The molecule has 0 radical (unpaired) electrons. The number of rotatable bonds is 10. The van der Waals surface area contributed by atoms with E-state index in [-0.39, 0.29) is 36.2 Å². The summed E-state index contributed by atoms with van der Waals surface area (Å²) in [6.45, 7) is 6.50. The van der Waals surface area contributed by atoms with Crippen LogP contribution in [-0.2, 0) is 14.4 Å². The highest BCUT2D eigenvalue weighted by Crippen LogP contribution is 2.37. The number of hydrogen-bond acceptors (Lipinski definition) is 12. The number of nitrogens with one attached hydrogen (secondary N) is 1. The molecule has 0 aliphatic carbocycles. The molecule has 5 aromatic rings. The molecule has 4 fully saturated rings. The molecule has 298 valence electrons. The van der Waals surface area contributed by atoms with Crippen LogP contribution in [0.5, 0.6) is 11.5 Å². The number of para-hydroxylation sites is 1. The van der Waals surface area contributed by atoms with Gasteiger partial charge in [-0.15, -0.1) is 0 Å². The number of carbonyl (C=O) groups excluding carboxylic acids is 4. The number of anilines is 2. The standard InChI is InChI=1S/C42H43FN10O5/c1-25-17-33(43)35(18-32(25)42(57)52(24-54)34-11-12-36(55)47-41(34)56)51-21-29(22-51)50-19-28(20-50)49-15-13-27(14-16-49)53-40-37(39(44)45-23-46-40)38(48-53)26-7-9-31(10-8-26)58-30-5-3-2-4-6-30/h2-10,17-18,23-24,27-29,34H,11-16,19-22H2,1H3,(H2,44,45,46)(H,47,55,56). The summed E-state index contributed by atoms with van der Waals surface area (Å²) in [4.78, 5) is 66.1. The summed E-state index contributed by atoms with van der Waals surface area (Å²) in [7, 11) is 0. The van der Waals surface area contributed by atoms with Crippen molar-refractivity contribution in [2.24, 2.45) is 0 Å². The Balaban J connectivity index is 0.800. The van der Waals surface area contributed by atoms with Gasteiger partial charge in [0.05, 0.1) is 17.1 Å². The molecule has 3 N–H and O–H groups in total. The van der Waals surface area contributed by atoms with Crippen LogP contribution in [0.15, 0.2) is 73.1 Å². The Bertz CT molecular complexity index is 2390. The van der Waals surface area contributed by atoms with E-state index in [1.807, 2.05) is 64.2 Å². The van der Waals surface area contributed by atoms with Gasteiger partial charge in [0.1, 0.15) is 41.2 Å². The maximum atomic E-state index is 15.3. The third kappa shape index (κ3) is 6.91. The Morgan fingerprint density at radius 3 is 2.33 bits per heavy atom. The fourth-order valence-electron chi connectivity index (χ4n) is 8.64. The molecular weight excluding hydrogens is 744 g/mol. The summed E-state index contributed by atoms with van der Waals surface area (Å²) >= 11 is 0. The van der Waals surface area contributed by atoms with Gasteiger partial charge in [0.25, 0.3) is 5.91 Å². The second-order valence-corrected chi connectivity index (χ2v) is 15.5. The minimum Gasteiger partial charge on any atom is -0.457 e. The van der Waals surface area contributed by atoms with Crippen molar-refractivity contribution in [3.05, 3.63) is 90.0 Å². The monoisotopic (exact) mass is 786 g/mol. The lowest BCUT2D eigenvalue weighted by atomic mass is 9.95. The molecule has 4 amide bonds. The van der Waals surface area contributed by atoms with Crippen LogP contribution in [0.4, 0.5) is 15.9 Å². The van der Waals surface area contributed by atoms with Gasteiger partial charge in [-0.1, -0.05) is 18.2 Å². The minimum absolute atomic E-state index is 0.0190. The average Bonchev–Trinajstić information content (AvgIpc) is 3.58. The van der Waals surface area contributed by atoms with E-state index in [9.17, 15) is 19.2 Å². The number of nitrogen functional groups attached to an aromatic ring is 1. The van der Waals surface area contributed by atoms with Gasteiger partial charge in [-0.05, 0) is 80.3 Å². The first kappa shape index (κ1) is 37.3. The van der Waals surface area contributed by atoms with Crippen LogP contribution in [-0.4, -0.2) is 116 Å². The predicted molar refractivity (Wildman–Crippen MR) is 212 cm³/mol. The van der Waals surface area contributed by atoms with Crippen molar-refractivity contribution in [2.75, 3.05) is 49.9 Å². The van der Waals surface area contributed by atoms with Crippen LogP contribution < -0.4 is 20.7 Å². The third-order valence-electron chi connectivity index (χ3n) is 12.0. The Kier molecular flexibility index (Phi) is 9.81. The van der Waals surface area contributed by atoms with E-state index < -0.39 is 29.6 Å². The number of ether oxygens (including phenoxy) is 1. The number of imide groups is 2. The number of hydrogen-bond donors (Lipinski definition) is 2. The molecule has 3 aromatic carbocycles. The lowest BCUT2D eigenvalue weighted by molar-refractivity contribution is -0.139. The van der Waals surface area contributed by atoms with Crippen molar-refractivity contribution in [1.29, 1.82) is 0 Å². The van der Waals surface area contributed by atoms with Crippen molar-refractivity contribution in [1.82, 2.24) is 39.8 Å². The number of amides is 4. The highest BCUT2D eigenvalue weighted by molar-refractivity contribution is 6.08. The van der Waals surface area contributed by atoms with Gasteiger partial charge < -0.3 is 15.4 Å². The van der Waals surface area contributed by atoms with Crippen LogP contribution >= 0.6 is 0 Å². The molecule has 4 aliphatic rings. The molecule has 0 bridgehead atoms. The number of nitrogens with two attached hydrogens (primary N) is 1. The number of likely N-dealkylation sites (tertiary alicyclic amines) is 2.